The molecule has 1 aliphatic rings. The molecule has 1 N–H and O–H groups in total. The number of carbonyl (C=O) groups excluding carboxylic acids is 1. The van der Waals surface area contributed by atoms with Crippen molar-refractivity contribution < 1.29 is 9.18 Å². The van der Waals surface area contributed by atoms with Crippen LogP contribution in [0.2, 0.25) is 0 Å². The van der Waals surface area contributed by atoms with Crippen LogP contribution in [0.4, 0.5) is 4.39 Å². The van der Waals surface area contributed by atoms with Gasteiger partial charge in [0.15, 0.2) is 0 Å². The van der Waals surface area contributed by atoms with Crippen molar-refractivity contribution in [3.63, 3.8) is 0 Å². The molecule has 1 aromatic heterocycles. The molecule has 2 aromatic rings. The average Bonchev–Trinajstić information content (AvgIpc) is 2.70. The highest BCUT2D eigenvalue weighted by Gasteiger charge is 2.30. The number of aromatic nitrogens is 1. The van der Waals surface area contributed by atoms with E-state index in [9.17, 15) is 9.18 Å². The average molecular weight is 398 g/mol. The summed E-state index contributed by atoms with van der Waals surface area (Å²) in [5, 5.41) is 3.23. The number of carbonyl (C=O) groups is 1. The Morgan fingerprint density at radius 3 is 2.62 bits per heavy atom. The zero-order valence-electron chi connectivity index (χ0n) is 17.7. The van der Waals surface area contributed by atoms with Crippen molar-refractivity contribution in [2.45, 2.75) is 65.1 Å². The molecule has 0 saturated carbocycles. The summed E-state index contributed by atoms with van der Waals surface area (Å²) in [5.74, 6) is -0.168. The van der Waals surface area contributed by atoms with Gasteiger partial charge in [-0.15, -0.1) is 0 Å². The Labute approximate surface area is 173 Å². The van der Waals surface area contributed by atoms with Gasteiger partial charge >= 0.3 is 0 Å². The first-order chi connectivity index (χ1) is 13.8. The second-order valence-electron chi connectivity index (χ2n) is 9.01. The van der Waals surface area contributed by atoms with E-state index in [4.69, 9.17) is 0 Å². The maximum Gasteiger partial charge on any atom is 0.225 e. The molecular formula is C24H32FN3O. The Bertz CT molecular complexity index is 786. The highest BCUT2D eigenvalue weighted by molar-refractivity contribution is 5.81. The molecule has 0 bridgehead atoms. The van der Waals surface area contributed by atoms with E-state index in [1.54, 1.807) is 6.20 Å². The molecule has 3 rings (SSSR count). The first-order valence-corrected chi connectivity index (χ1v) is 10.5. The fourth-order valence-corrected chi connectivity index (χ4v) is 3.84. The molecular weight excluding hydrogens is 365 g/mol. The van der Waals surface area contributed by atoms with Crippen LogP contribution in [-0.4, -0.2) is 28.4 Å². The molecule has 1 amide bonds. The SMILES string of the molecule is CC(C)(C)C(=O)N[C@H](C[C@H]1CCCCN1Cc1ccc(F)cc1)c1ccccn1. The number of benzene rings is 1. The summed E-state index contributed by atoms with van der Waals surface area (Å²) < 4.78 is 13.3. The monoisotopic (exact) mass is 397 g/mol. The Hall–Kier alpha value is -2.27. The van der Waals surface area contributed by atoms with Gasteiger partial charge in [-0.05, 0) is 55.6 Å². The van der Waals surface area contributed by atoms with E-state index in [2.05, 4.69) is 15.2 Å². The smallest absolute Gasteiger partial charge is 0.225 e. The number of likely N-dealkylation sites (tertiary alicyclic amines) is 1. The van der Waals surface area contributed by atoms with Gasteiger partial charge in [0.2, 0.25) is 5.91 Å². The van der Waals surface area contributed by atoms with Gasteiger partial charge in [0.25, 0.3) is 0 Å². The number of halogens is 1. The lowest BCUT2D eigenvalue weighted by atomic mass is 9.91. The second kappa shape index (κ2) is 9.49. The number of amides is 1. The predicted octanol–water partition coefficient (Wildman–Crippen LogP) is 4.87. The highest BCUT2D eigenvalue weighted by Crippen LogP contribution is 2.28. The molecule has 0 spiro atoms. The van der Waals surface area contributed by atoms with Gasteiger partial charge < -0.3 is 5.32 Å². The quantitative estimate of drug-likeness (QED) is 0.756. The molecule has 4 nitrogen and oxygen atoms in total. The van der Waals surface area contributed by atoms with Crippen LogP contribution in [0, 0.1) is 11.2 Å². The summed E-state index contributed by atoms with van der Waals surface area (Å²) in [4.78, 5) is 19.7. The van der Waals surface area contributed by atoms with Gasteiger partial charge in [-0.25, -0.2) is 4.39 Å². The van der Waals surface area contributed by atoms with Crippen molar-refractivity contribution in [1.29, 1.82) is 0 Å². The Morgan fingerprint density at radius 1 is 1.21 bits per heavy atom. The maximum atomic E-state index is 13.3. The molecule has 0 unspecified atom stereocenters. The molecule has 5 heteroatoms. The third-order valence-corrected chi connectivity index (χ3v) is 5.59. The van der Waals surface area contributed by atoms with E-state index in [0.29, 0.717) is 6.04 Å². The topological polar surface area (TPSA) is 45.2 Å². The summed E-state index contributed by atoms with van der Waals surface area (Å²) in [6, 6.07) is 12.8. The van der Waals surface area contributed by atoms with Crippen molar-refractivity contribution in [3.05, 3.63) is 65.7 Å². The van der Waals surface area contributed by atoms with Gasteiger partial charge in [0, 0.05) is 24.2 Å². The number of rotatable bonds is 6. The lowest BCUT2D eigenvalue weighted by Gasteiger charge is -2.38. The van der Waals surface area contributed by atoms with Crippen LogP contribution in [0.1, 0.15) is 63.8 Å². The van der Waals surface area contributed by atoms with E-state index in [0.717, 1.165) is 37.2 Å². The van der Waals surface area contributed by atoms with Crippen LogP contribution in [0.5, 0.6) is 0 Å². The van der Waals surface area contributed by atoms with Crippen molar-refractivity contribution in [3.8, 4) is 0 Å². The number of nitrogens with zero attached hydrogens (tertiary/aromatic N) is 2. The zero-order chi connectivity index (χ0) is 20.9. The highest BCUT2D eigenvalue weighted by atomic mass is 19.1. The molecule has 1 aromatic carbocycles. The maximum absolute atomic E-state index is 13.3. The predicted molar refractivity (Wildman–Crippen MR) is 114 cm³/mol. The molecule has 29 heavy (non-hydrogen) atoms. The van der Waals surface area contributed by atoms with Crippen LogP contribution in [0.25, 0.3) is 0 Å². The number of hydrogen-bond acceptors (Lipinski definition) is 3. The van der Waals surface area contributed by atoms with Crippen LogP contribution in [-0.2, 0) is 11.3 Å². The van der Waals surface area contributed by atoms with E-state index >= 15 is 0 Å². The lowest BCUT2D eigenvalue weighted by Crippen LogP contribution is -2.44. The summed E-state index contributed by atoms with van der Waals surface area (Å²) >= 11 is 0. The third kappa shape index (κ3) is 6.10. The first-order valence-electron chi connectivity index (χ1n) is 10.5. The minimum absolute atomic E-state index is 0.0362. The van der Waals surface area contributed by atoms with E-state index in [1.807, 2.05) is 51.1 Å². The largest absolute Gasteiger partial charge is 0.347 e. The Balaban J connectivity index is 1.76. The van der Waals surface area contributed by atoms with Crippen molar-refractivity contribution in [2.75, 3.05) is 6.54 Å². The first kappa shape index (κ1) is 21.4. The van der Waals surface area contributed by atoms with Crippen molar-refractivity contribution in [1.82, 2.24) is 15.2 Å². The standard InChI is InChI=1S/C24H32FN3O/c1-24(2,3)23(29)27-22(21-9-4-6-14-26-21)16-20-8-5-7-15-28(20)17-18-10-12-19(25)13-11-18/h4,6,9-14,20,22H,5,7-8,15-17H2,1-3H3,(H,27,29)/t20-,22-/m1/s1. The molecule has 0 aliphatic carbocycles. The minimum Gasteiger partial charge on any atom is -0.347 e. The van der Waals surface area contributed by atoms with Crippen molar-refractivity contribution >= 4 is 5.91 Å². The molecule has 0 radical (unpaired) electrons. The number of pyridine rings is 1. The normalized spacial score (nSPS) is 19.0. The van der Waals surface area contributed by atoms with Crippen LogP contribution in [0.15, 0.2) is 48.7 Å². The fraction of sp³-hybridized carbons (Fsp3) is 0.500. The van der Waals surface area contributed by atoms with Gasteiger partial charge in [0.1, 0.15) is 5.82 Å². The molecule has 1 saturated heterocycles. The minimum atomic E-state index is -0.451. The van der Waals surface area contributed by atoms with E-state index in [1.165, 1.54) is 25.0 Å². The van der Waals surface area contributed by atoms with Gasteiger partial charge in [0.05, 0.1) is 11.7 Å². The van der Waals surface area contributed by atoms with Gasteiger partial charge in [-0.2, -0.15) is 0 Å². The fourth-order valence-electron chi connectivity index (χ4n) is 3.84. The molecule has 1 aliphatic heterocycles. The Morgan fingerprint density at radius 2 is 1.97 bits per heavy atom. The zero-order valence-corrected chi connectivity index (χ0v) is 17.7. The second-order valence-corrected chi connectivity index (χ2v) is 9.01. The summed E-state index contributed by atoms with van der Waals surface area (Å²) in [6.45, 7) is 7.61. The molecule has 2 atom stereocenters. The van der Waals surface area contributed by atoms with Gasteiger partial charge in [-0.1, -0.05) is 45.4 Å². The summed E-state index contributed by atoms with van der Waals surface area (Å²) in [7, 11) is 0. The molecule has 1 fully saturated rings. The van der Waals surface area contributed by atoms with Crippen LogP contribution in [0.3, 0.4) is 0 Å². The number of hydrogen-bond donors (Lipinski definition) is 1. The molecule has 156 valence electrons. The summed E-state index contributed by atoms with van der Waals surface area (Å²) in [6.07, 6.45) is 6.05. The third-order valence-electron chi connectivity index (χ3n) is 5.59. The van der Waals surface area contributed by atoms with Crippen LogP contribution >= 0.6 is 0 Å². The van der Waals surface area contributed by atoms with Crippen LogP contribution < -0.4 is 5.32 Å². The number of piperidine rings is 1. The lowest BCUT2D eigenvalue weighted by molar-refractivity contribution is -0.129. The van der Waals surface area contributed by atoms with Crippen molar-refractivity contribution in [2.24, 2.45) is 5.41 Å². The van der Waals surface area contributed by atoms with E-state index in [-0.39, 0.29) is 17.8 Å². The summed E-state index contributed by atoms with van der Waals surface area (Å²) in [5.41, 5.74) is 1.57. The number of nitrogens with one attached hydrogen (secondary N) is 1. The van der Waals surface area contributed by atoms with E-state index < -0.39 is 5.41 Å². The molecule has 2 heterocycles. The van der Waals surface area contributed by atoms with Gasteiger partial charge in [-0.3, -0.25) is 14.7 Å². The Kier molecular flexibility index (Phi) is 7.01.